The minimum absolute atomic E-state index is 0.135. The molecular formula is C17H20ClN5O3. The highest BCUT2D eigenvalue weighted by molar-refractivity contribution is 6.32. The topological polar surface area (TPSA) is 119 Å². The number of ether oxygens (including phenoxy) is 1. The predicted molar refractivity (Wildman–Crippen MR) is 100 cm³/mol. The van der Waals surface area contributed by atoms with Crippen LogP contribution in [0.5, 0.6) is 0 Å². The molecule has 0 unspecified atom stereocenters. The van der Waals surface area contributed by atoms with Gasteiger partial charge >= 0.3 is 5.97 Å². The molecule has 2 aromatic rings. The van der Waals surface area contributed by atoms with Gasteiger partial charge in [0.05, 0.1) is 12.2 Å². The highest BCUT2D eigenvalue weighted by atomic mass is 35.5. The van der Waals surface area contributed by atoms with Gasteiger partial charge in [-0.3, -0.25) is 4.79 Å². The van der Waals surface area contributed by atoms with Crippen LogP contribution in [0.25, 0.3) is 0 Å². The van der Waals surface area contributed by atoms with E-state index in [2.05, 4.69) is 20.6 Å². The van der Waals surface area contributed by atoms with E-state index < -0.39 is 0 Å². The van der Waals surface area contributed by atoms with E-state index >= 15 is 0 Å². The lowest BCUT2D eigenvalue weighted by Gasteiger charge is -2.09. The van der Waals surface area contributed by atoms with E-state index in [9.17, 15) is 9.59 Å². The van der Waals surface area contributed by atoms with Crippen molar-refractivity contribution in [3.8, 4) is 0 Å². The zero-order valence-corrected chi connectivity index (χ0v) is 15.0. The molecule has 0 saturated carbocycles. The third kappa shape index (κ3) is 5.59. The normalized spacial score (nSPS) is 10.2. The number of benzene rings is 1. The smallest absolute Gasteiger partial charge is 0.338 e. The van der Waals surface area contributed by atoms with Crippen LogP contribution < -0.4 is 16.4 Å². The van der Waals surface area contributed by atoms with Gasteiger partial charge in [0.1, 0.15) is 12.0 Å². The van der Waals surface area contributed by atoms with Gasteiger partial charge in [0.2, 0.25) is 5.91 Å². The average molecular weight is 378 g/mol. The van der Waals surface area contributed by atoms with Crippen molar-refractivity contribution in [2.45, 2.75) is 19.8 Å². The van der Waals surface area contributed by atoms with Crippen molar-refractivity contribution in [2.75, 3.05) is 29.5 Å². The zero-order chi connectivity index (χ0) is 18.9. The number of carbonyl (C=O) groups excluding carboxylic acids is 2. The molecular weight excluding hydrogens is 358 g/mol. The number of halogens is 1. The van der Waals surface area contributed by atoms with Crippen molar-refractivity contribution >= 4 is 40.7 Å². The molecule has 9 heteroatoms. The van der Waals surface area contributed by atoms with E-state index in [0.29, 0.717) is 43.1 Å². The van der Waals surface area contributed by atoms with Crippen molar-refractivity contribution in [3.05, 3.63) is 41.3 Å². The Hall–Kier alpha value is -2.87. The van der Waals surface area contributed by atoms with E-state index in [1.54, 1.807) is 31.2 Å². The minimum Gasteiger partial charge on any atom is -0.462 e. The van der Waals surface area contributed by atoms with Gasteiger partial charge < -0.3 is 21.1 Å². The van der Waals surface area contributed by atoms with E-state index in [-0.39, 0.29) is 22.7 Å². The van der Waals surface area contributed by atoms with Crippen LogP contribution >= 0.6 is 11.6 Å². The van der Waals surface area contributed by atoms with E-state index in [0.717, 1.165) is 0 Å². The number of nitrogens with zero attached hydrogens (tertiary/aromatic N) is 2. The van der Waals surface area contributed by atoms with Crippen LogP contribution in [-0.2, 0) is 9.53 Å². The SMILES string of the molecule is CCOC(=O)c1ccc(NC(=O)CCCNc2ncnc(Cl)c2N)cc1. The van der Waals surface area contributed by atoms with Gasteiger partial charge in [0.25, 0.3) is 0 Å². The zero-order valence-electron chi connectivity index (χ0n) is 14.3. The number of nitrogen functional groups attached to an aromatic ring is 1. The van der Waals surface area contributed by atoms with Crippen molar-refractivity contribution < 1.29 is 14.3 Å². The molecule has 4 N–H and O–H groups in total. The van der Waals surface area contributed by atoms with Crippen molar-refractivity contribution in [1.29, 1.82) is 0 Å². The lowest BCUT2D eigenvalue weighted by Crippen LogP contribution is -2.14. The summed E-state index contributed by atoms with van der Waals surface area (Å²) in [5.41, 5.74) is 7.08. The average Bonchev–Trinajstić information content (AvgIpc) is 2.63. The summed E-state index contributed by atoms with van der Waals surface area (Å²) in [7, 11) is 0. The van der Waals surface area contributed by atoms with Gasteiger partial charge in [0, 0.05) is 18.7 Å². The first-order valence-corrected chi connectivity index (χ1v) is 8.46. The third-order valence-corrected chi connectivity index (χ3v) is 3.69. The fraction of sp³-hybridized carbons (Fsp3) is 0.294. The molecule has 1 amide bonds. The van der Waals surface area contributed by atoms with E-state index in [1.165, 1.54) is 6.33 Å². The maximum Gasteiger partial charge on any atom is 0.338 e. The number of carbonyl (C=O) groups is 2. The van der Waals surface area contributed by atoms with Gasteiger partial charge in [-0.05, 0) is 37.6 Å². The summed E-state index contributed by atoms with van der Waals surface area (Å²) < 4.78 is 4.91. The van der Waals surface area contributed by atoms with Crippen molar-refractivity contribution in [2.24, 2.45) is 0 Å². The summed E-state index contributed by atoms with van der Waals surface area (Å²) in [5, 5.41) is 5.97. The summed E-state index contributed by atoms with van der Waals surface area (Å²) in [6, 6.07) is 6.53. The largest absolute Gasteiger partial charge is 0.462 e. The highest BCUT2D eigenvalue weighted by Crippen LogP contribution is 2.21. The van der Waals surface area contributed by atoms with Gasteiger partial charge in [-0.1, -0.05) is 11.6 Å². The molecule has 2 rings (SSSR count). The van der Waals surface area contributed by atoms with Crippen LogP contribution in [0.15, 0.2) is 30.6 Å². The third-order valence-electron chi connectivity index (χ3n) is 3.39. The number of nitrogens with two attached hydrogens (primary N) is 1. The Morgan fingerprint density at radius 2 is 1.96 bits per heavy atom. The summed E-state index contributed by atoms with van der Waals surface area (Å²) in [6.45, 7) is 2.57. The second-order valence-corrected chi connectivity index (χ2v) is 5.66. The maximum absolute atomic E-state index is 12.0. The Labute approximate surface area is 156 Å². The molecule has 0 saturated heterocycles. The van der Waals surface area contributed by atoms with Crippen molar-refractivity contribution in [3.63, 3.8) is 0 Å². The number of nitrogens with one attached hydrogen (secondary N) is 2. The molecule has 1 heterocycles. The lowest BCUT2D eigenvalue weighted by atomic mass is 10.2. The first-order chi connectivity index (χ1) is 12.5. The van der Waals surface area contributed by atoms with E-state index in [4.69, 9.17) is 22.1 Å². The Bertz CT molecular complexity index is 767. The molecule has 0 atom stereocenters. The van der Waals surface area contributed by atoms with Gasteiger partial charge in [-0.25, -0.2) is 14.8 Å². The molecule has 0 aliphatic heterocycles. The number of anilines is 3. The molecule has 0 bridgehead atoms. The monoisotopic (exact) mass is 377 g/mol. The predicted octanol–water partition coefficient (Wildman–Crippen LogP) is 2.72. The molecule has 1 aromatic carbocycles. The number of amides is 1. The second kappa shape index (κ2) is 9.57. The maximum atomic E-state index is 12.0. The lowest BCUT2D eigenvalue weighted by molar-refractivity contribution is -0.116. The highest BCUT2D eigenvalue weighted by Gasteiger charge is 2.08. The molecule has 8 nitrogen and oxygen atoms in total. The number of hydrogen-bond donors (Lipinski definition) is 3. The second-order valence-electron chi connectivity index (χ2n) is 5.30. The number of rotatable bonds is 8. The van der Waals surface area contributed by atoms with Crippen LogP contribution in [0.4, 0.5) is 17.2 Å². The van der Waals surface area contributed by atoms with Crippen LogP contribution in [0.2, 0.25) is 5.15 Å². The minimum atomic E-state index is -0.388. The quantitative estimate of drug-likeness (QED) is 0.367. The first kappa shape index (κ1) is 19.5. The van der Waals surface area contributed by atoms with Crippen LogP contribution in [-0.4, -0.2) is 35.0 Å². The molecule has 26 heavy (non-hydrogen) atoms. The van der Waals surface area contributed by atoms with Gasteiger partial charge in [-0.15, -0.1) is 0 Å². The summed E-state index contributed by atoms with van der Waals surface area (Å²) in [4.78, 5) is 31.3. The summed E-state index contributed by atoms with van der Waals surface area (Å²) in [6.07, 6.45) is 2.20. The number of hydrogen-bond acceptors (Lipinski definition) is 7. The first-order valence-electron chi connectivity index (χ1n) is 8.08. The molecule has 0 aliphatic carbocycles. The molecule has 0 fully saturated rings. The molecule has 0 spiro atoms. The molecule has 1 aromatic heterocycles. The van der Waals surface area contributed by atoms with Gasteiger partial charge in [-0.2, -0.15) is 0 Å². The summed E-state index contributed by atoms with van der Waals surface area (Å²) >= 11 is 5.81. The van der Waals surface area contributed by atoms with Crippen LogP contribution in [0.3, 0.4) is 0 Å². The number of aromatic nitrogens is 2. The molecule has 138 valence electrons. The van der Waals surface area contributed by atoms with Crippen molar-refractivity contribution in [1.82, 2.24) is 9.97 Å². The van der Waals surface area contributed by atoms with E-state index in [1.807, 2.05) is 0 Å². The summed E-state index contributed by atoms with van der Waals surface area (Å²) in [5.74, 6) is -0.0788. The standard InChI is InChI=1S/C17H20ClN5O3/c1-2-26-17(25)11-5-7-12(8-6-11)23-13(24)4-3-9-20-16-14(19)15(18)21-10-22-16/h5-8,10H,2-4,9,19H2,1H3,(H,23,24)(H,20,21,22). The van der Waals surface area contributed by atoms with Gasteiger partial charge in [0.15, 0.2) is 11.0 Å². The Balaban J connectivity index is 1.75. The molecule has 0 radical (unpaired) electrons. The fourth-order valence-corrected chi connectivity index (χ4v) is 2.23. The fourth-order valence-electron chi connectivity index (χ4n) is 2.10. The Kier molecular flexibility index (Phi) is 7.16. The Morgan fingerprint density at radius 1 is 1.23 bits per heavy atom. The molecule has 0 aliphatic rings. The Morgan fingerprint density at radius 3 is 2.65 bits per heavy atom. The number of esters is 1. The van der Waals surface area contributed by atoms with Crippen LogP contribution in [0, 0.1) is 0 Å². The van der Waals surface area contributed by atoms with Crippen LogP contribution in [0.1, 0.15) is 30.1 Å².